The van der Waals surface area contributed by atoms with Crippen molar-refractivity contribution in [3.63, 3.8) is 0 Å². The lowest BCUT2D eigenvalue weighted by Gasteiger charge is -2.15. The molecule has 0 saturated carbocycles. The molecule has 0 bridgehead atoms. The molecular weight excluding hydrogens is 476 g/mol. The zero-order valence-electron chi connectivity index (χ0n) is 15.9. The summed E-state index contributed by atoms with van der Waals surface area (Å²) in [4.78, 5) is 53.2. The van der Waals surface area contributed by atoms with E-state index in [1.54, 1.807) is 0 Å². The summed E-state index contributed by atoms with van der Waals surface area (Å²) in [6.07, 6.45) is -1.71. The summed E-state index contributed by atoms with van der Waals surface area (Å²) in [5.41, 5.74) is 5.15. The van der Waals surface area contributed by atoms with E-state index in [2.05, 4.69) is 14.2 Å². The van der Waals surface area contributed by atoms with Crippen LogP contribution in [0.4, 0.5) is 5.69 Å². The highest BCUT2D eigenvalue weighted by Gasteiger charge is 2.45. The molecule has 3 rings (SSSR count). The van der Waals surface area contributed by atoms with Crippen molar-refractivity contribution in [2.75, 3.05) is 5.73 Å². The Bertz CT molecular complexity index is 1290. The third kappa shape index (κ3) is 4.59. The first-order valence-corrected chi connectivity index (χ1v) is 10.7. The van der Waals surface area contributed by atoms with Crippen LogP contribution in [0.1, 0.15) is 17.5 Å². The maximum Gasteiger partial charge on any atom is 0.340 e. The summed E-state index contributed by atoms with van der Waals surface area (Å²) in [6, 6.07) is 2.73. The second kappa shape index (κ2) is 8.85. The van der Waals surface area contributed by atoms with Gasteiger partial charge in [0.2, 0.25) is 0 Å². The number of benzene rings is 1. The van der Waals surface area contributed by atoms with Crippen molar-refractivity contribution in [3.8, 4) is 0 Å². The second-order valence-electron chi connectivity index (χ2n) is 6.46. The average molecular weight is 489 g/mol. The van der Waals surface area contributed by atoms with Crippen LogP contribution in [0.25, 0.3) is 11.0 Å². The minimum absolute atomic E-state index is 0.0739. The Labute approximate surface area is 182 Å². The minimum Gasteiger partial charge on any atom is -0.747 e. The van der Waals surface area contributed by atoms with Gasteiger partial charge in [0.25, 0.3) is 11.8 Å². The number of anilines is 1. The summed E-state index contributed by atoms with van der Waals surface area (Å²) in [6.45, 7) is 1.47. The molecule has 1 aromatic carbocycles. The minimum atomic E-state index is -5.13. The van der Waals surface area contributed by atoms with E-state index in [9.17, 15) is 32.1 Å². The zero-order chi connectivity index (χ0) is 23.8. The van der Waals surface area contributed by atoms with Gasteiger partial charge in [-0.1, -0.05) is 5.04 Å². The fourth-order valence-electron chi connectivity index (χ4n) is 2.94. The fourth-order valence-corrected chi connectivity index (χ4v) is 4.06. The van der Waals surface area contributed by atoms with Gasteiger partial charge in [-0.2, -0.15) is 0 Å². The van der Waals surface area contributed by atoms with Crippen molar-refractivity contribution in [2.45, 2.75) is 29.9 Å². The van der Waals surface area contributed by atoms with Crippen LogP contribution >= 0.6 is 12.0 Å². The molecule has 1 atom stereocenters. The maximum atomic E-state index is 12.3. The van der Waals surface area contributed by atoms with E-state index in [1.807, 2.05) is 0 Å². The number of nitrogens with zero attached hydrogens (tertiary/aromatic N) is 1. The molecule has 0 radical (unpaired) electrons. The van der Waals surface area contributed by atoms with Crippen molar-refractivity contribution in [1.29, 1.82) is 0 Å². The molecule has 2 heterocycles. The number of imide groups is 1. The van der Waals surface area contributed by atoms with Gasteiger partial charge in [0.15, 0.2) is 0 Å². The lowest BCUT2D eigenvalue weighted by atomic mass is 10.0. The van der Waals surface area contributed by atoms with Crippen molar-refractivity contribution < 1.29 is 51.2 Å². The number of rotatable bonds is 7. The Balaban J connectivity index is 1.87. The van der Waals surface area contributed by atoms with Gasteiger partial charge in [-0.25, -0.2) is 23.3 Å². The maximum absolute atomic E-state index is 12.3. The van der Waals surface area contributed by atoms with Gasteiger partial charge >= 0.3 is 11.6 Å². The SMILES string of the molecule is Cc1c(CC(=O)ON2C(=O)CC(S(=O)(=O)[O-])C2=O)c(=O)oc2cc(N)c(SOOO)cc12. The topological polar surface area (TPSA) is 216 Å². The first-order valence-electron chi connectivity index (χ1n) is 8.47. The lowest BCUT2D eigenvalue weighted by Crippen LogP contribution is -2.37. The second-order valence-corrected chi connectivity index (χ2v) is 8.75. The van der Waals surface area contributed by atoms with Crippen LogP contribution in [-0.4, -0.2) is 46.3 Å². The molecule has 3 N–H and O–H groups in total. The van der Waals surface area contributed by atoms with E-state index in [1.165, 1.54) is 19.1 Å². The number of hydroxylamine groups is 2. The average Bonchev–Trinajstić information content (AvgIpc) is 2.98. The molecule has 1 aromatic heterocycles. The van der Waals surface area contributed by atoms with E-state index in [-0.39, 0.29) is 32.4 Å². The van der Waals surface area contributed by atoms with E-state index < -0.39 is 51.6 Å². The van der Waals surface area contributed by atoms with Crippen LogP contribution in [0.2, 0.25) is 0 Å². The number of amides is 2. The quantitative estimate of drug-likeness (QED) is 0.0978. The summed E-state index contributed by atoms with van der Waals surface area (Å²) in [5.74, 6) is -3.95. The highest BCUT2D eigenvalue weighted by atomic mass is 32.2. The Kier molecular flexibility index (Phi) is 6.54. The van der Waals surface area contributed by atoms with Gasteiger partial charge in [-0.3, -0.25) is 9.59 Å². The Morgan fingerprint density at radius 2 is 2.06 bits per heavy atom. The Morgan fingerprint density at radius 1 is 1.38 bits per heavy atom. The van der Waals surface area contributed by atoms with Crippen LogP contribution in [0.3, 0.4) is 0 Å². The van der Waals surface area contributed by atoms with Crippen molar-refractivity contribution >= 4 is 56.6 Å². The highest BCUT2D eigenvalue weighted by Crippen LogP contribution is 2.32. The van der Waals surface area contributed by atoms with Gasteiger partial charge in [0.05, 0.1) is 41.0 Å². The monoisotopic (exact) mass is 489 g/mol. The molecule has 0 spiro atoms. The molecule has 1 aliphatic heterocycles. The largest absolute Gasteiger partial charge is 0.747 e. The van der Waals surface area contributed by atoms with Crippen LogP contribution < -0.4 is 11.4 Å². The summed E-state index contributed by atoms with van der Waals surface area (Å²) in [5, 5.41) is 9.82. The van der Waals surface area contributed by atoms with Gasteiger partial charge in [-0.15, -0.1) is 9.40 Å². The smallest absolute Gasteiger partial charge is 0.340 e. The molecule has 2 aromatic rings. The van der Waals surface area contributed by atoms with E-state index in [0.29, 0.717) is 17.4 Å². The molecule has 1 saturated heterocycles. The van der Waals surface area contributed by atoms with Gasteiger partial charge < -0.3 is 19.5 Å². The molecular formula is C16H13N2O12S2-. The number of carbonyl (C=O) groups excluding carboxylic acids is 3. The van der Waals surface area contributed by atoms with E-state index >= 15 is 0 Å². The molecule has 32 heavy (non-hydrogen) atoms. The molecule has 1 aliphatic rings. The molecule has 14 nitrogen and oxygen atoms in total. The van der Waals surface area contributed by atoms with Crippen LogP contribution in [0, 0.1) is 6.92 Å². The zero-order valence-corrected chi connectivity index (χ0v) is 17.6. The molecule has 1 fully saturated rings. The van der Waals surface area contributed by atoms with Crippen molar-refractivity contribution in [2.24, 2.45) is 0 Å². The summed E-state index contributed by atoms with van der Waals surface area (Å²) < 4.78 is 42.6. The normalized spacial score (nSPS) is 16.7. The number of nitrogen functional groups attached to an aromatic ring is 1. The predicted molar refractivity (Wildman–Crippen MR) is 102 cm³/mol. The predicted octanol–water partition coefficient (Wildman–Crippen LogP) is -0.215. The van der Waals surface area contributed by atoms with E-state index in [0.717, 1.165) is 0 Å². The van der Waals surface area contributed by atoms with Gasteiger partial charge in [-0.05, 0) is 18.6 Å². The van der Waals surface area contributed by atoms with Crippen LogP contribution in [0.15, 0.2) is 26.2 Å². The number of nitrogens with two attached hydrogens (primary N) is 1. The number of hydrogen-bond acceptors (Lipinski definition) is 14. The number of aryl methyl sites for hydroxylation is 1. The number of carbonyl (C=O) groups is 3. The van der Waals surface area contributed by atoms with E-state index in [4.69, 9.17) is 15.4 Å². The molecule has 172 valence electrons. The number of fused-ring (bicyclic) bond motifs is 1. The third-order valence-electron chi connectivity index (χ3n) is 4.50. The van der Waals surface area contributed by atoms with Gasteiger partial charge in [0, 0.05) is 11.5 Å². The van der Waals surface area contributed by atoms with Gasteiger partial charge in [0.1, 0.15) is 21.0 Å². The van der Waals surface area contributed by atoms with Crippen molar-refractivity contribution in [3.05, 3.63) is 33.7 Å². The fraction of sp³-hybridized carbons (Fsp3) is 0.250. The first-order chi connectivity index (χ1) is 14.9. The first kappa shape index (κ1) is 23.6. The summed E-state index contributed by atoms with van der Waals surface area (Å²) in [7, 11) is -5.13. The third-order valence-corrected chi connectivity index (χ3v) is 6.22. The lowest BCUT2D eigenvalue weighted by molar-refractivity contribution is -0.432. The molecule has 2 amide bonds. The van der Waals surface area contributed by atoms with Crippen LogP contribution in [-0.2, 0) is 45.1 Å². The number of hydrogen-bond donors (Lipinski definition) is 2. The molecule has 1 unspecified atom stereocenters. The highest BCUT2D eigenvalue weighted by molar-refractivity contribution is 7.94. The summed E-state index contributed by atoms with van der Waals surface area (Å²) >= 11 is 0.554. The standard InChI is InChI=1S/C16H14N2O12S2/c1-6-7-2-11(31-30-29-23)9(17)4-10(7)27-16(22)8(6)3-14(20)28-18-13(19)5-12(15(18)21)32(24,25)26/h2,4,12,23H,3,5,17H2,1H3,(H,24,25,26)/p-1. The van der Waals surface area contributed by atoms with Crippen LogP contribution in [0.5, 0.6) is 0 Å². The molecule has 16 heteroatoms. The van der Waals surface area contributed by atoms with Crippen molar-refractivity contribution in [1.82, 2.24) is 5.06 Å². The Morgan fingerprint density at radius 3 is 2.66 bits per heavy atom. The molecule has 0 aliphatic carbocycles. The Hall–Kier alpha value is -3.02.